The highest BCUT2D eigenvalue weighted by molar-refractivity contribution is 5.99. The van der Waals surface area contributed by atoms with Crippen LogP contribution in [0.5, 0.6) is 0 Å². The van der Waals surface area contributed by atoms with Gasteiger partial charge in [-0.05, 0) is 43.4 Å². The first-order chi connectivity index (χ1) is 19.6. The molecule has 0 spiro atoms. The van der Waals surface area contributed by atoms with Gasteiger partial charge in [-0.15, -0.1) is 0 Å². The molecular weight excluding hydrogens is 544 g/mol. The molecule has 14 heteroatoms. The van der Waals surface area contributed by atoms with Crippen LogP contribution in [-0.4, -0.2) is 73.3 Å². The summed E-state index contributed by atoms with van der Waals surface area (Å²) >= 11 is 0. The van der Waals surface area contributed by atoms with Crippen molar-refractivity contribution in [3.63, 3.8) is 0 Å². The number of amides is 1. The van der Waals surface area contributed by atoms with Crippen molar-refractivity contribution < 1.29 is 26.9 Å². The van der Waals surface area contributed by atoms with Crippen molar-refractivity contribution in [2.75, 3.05) is 20.1 Å². The first kappa shape index (κ1) is 26.6. The summed E-state index contributed by atoms with van der Waals surface area (Å²) in [6.07, 6.45) is -3.69. The molecule has 212 valence electrons. The van der Waals surface area contributed by atoms with Crippen LogP contribution in [0.3, 0.4) is 0 Å². The van der Waals surface area contributed by atoms with E-state index in [2.05, 4.69) is 25.5 Å². The number of alkyl halides is 4. The molecule has 6 rings (SSSR count). The van der Waals surface area contributed by atoms with Gasteiger partial charge in [-0.25, -0.2) is 8.91 Å². The number of piperidine rings is 1. The van der Waals surface area contributed by atoms with Crippen LogP contribution < -0.4 is 5.32 Å². The van der Waals surface area contributed by atoms with E-state index in [-0.39, 0.29) is 41.7 Å². The lowest BCUT2D eigenvalue weighted by Gasteiger charge is -2.26. The maximum atomic E-state index is 14.7. The van der Waals surface area contributed by atoms with Crippen LogP contribution in [0.1, 0.15) is 22.8 Å². The quantitative estimate of drug-likeness (QED) is 0.301. The molecule has 1 aliphatic heterocycles. The third kappa shape index (κ3) is 5.55. The van der Waals surface area contributed by atoms with E-state index in [1.807, 2.05) is 18.0 Å². The van der Waals surface area contributed by atoms with Crippen molar-refractivity contribution in [1.82, 2.24) is 34.5 Å². The fourth-order valence-corrected chi connectivity index (χ4v) is 4.84. The fraction of sp³-hybridized carbons (Fsp3) is 0.296. The second-order valence-electron chi connectivity index (χ2n) is 9.82. The maximum absolute atomic E-state index is 14.7. The van der Waals surface area contributed by atoms with E-state index in [1.54, 1.807) is 41.0 Å². The second kappa shape index (κ2) is 10.4. The number of hydrogen-bond donors (Lipinski definition) is 1. The summed E-state index contributed by atoms with van der Waals surface area (Å²) < 4.78 is 63.4. The molecule has 0 radical (unpaired) electrons. The van der Waals surface area contributed by atoms with E-state index >= 15 is 0 Å². The SMILES string of the molecule is CN1CC/C(=N\c2cccc3c2cc(-c2noc(CNC(=O)c4cc5ccccn5n4)n2)n3CC(F)(F)F)[C@@H](F)C1. The van der Waals surface area contributed by atoms with Gasteiger partial charge in [-0.1, -0.05) is 17.3 Å². The molecule has 0 bridgehead atoms. The largest absolute Gasteiger partial charge is 0.406 e. The third-order valence-corrected chi connectivity index (χ3v) is 6.81. The van der Waals surface area contributed by atoms with E-state index in [9.17, 15) is 22.4 Å². The number of aliphatic imine (C=N–C) groups is 1. The van der Waals surface area contributed by atoms with Gasteiger partial charge in [0.1, 0.15) is 6.54 Å². The zero-order valence-electron chi connectivity index (χ0n) is 21.8. The van der Waals surface area contributed by atoms with Crippen molar-refractivity contribution >= 4 is 33.7 Å². The summed E-state index contributed by atoms with van der Waals surface area (Å²) in [5.74, 6) is -0.583. The molecule has 5 aromatic rings. The molecule has 1 aromatic carbocycles. The zero-order valence-corrected chi connectivity index (χ0v) is 21.8. The molecule has 1 saturated heterocycles. The molecule has 10 nitrogen and oxygen atoms in total. The number of aromatic nitrogens is 5. The lowest BCUT2D eigenvalue weighted by Crippen LogP contribution is -2.39. The Morgan fingerprint density at radius 2 is 2.05 bits per heavy atom. The molecule has 0 aliphatic carbocycles. The van der Waals surface area contributed by atoms with Gasteiger partial charge in [0.25, 0.3) is 5.91 Å². The lowest BCUT2D eigenvalue weighted by atomic mass is 10.1. The van der Waals surface area contributed by atoms with Gasteiger partial charge in [0.2, 0.25) is 11.7 Å². The number of rotatable bonds is 6. The highest BCUT2D eigenvalue weighted by Crippen LogP contribution is 2.35. The van der Waals surface area contributed by atoms with Gasteiger partial charge in [-0.3, -0.25) is 9.79 Å². The van der Waals surface area contributed by atoms with Crippen LogP contribution in [0.4, 0.5) is 23.2 Å². The number of nitrogens with one attached hydrogen (secondary N) is 1. The van der Waals surface area contributed by atoms with Gasteiger partial charge in [0, 0.05) is 31.1 Å². The summed E-state index contributed by atoms with van der Waals surface area (Å²) in [6.45, 7) is -0.634. The first-order valence-corrected chi connectivity index (χ1v) is 12.8. The molecular formula is C27H24F4N8O2. The molecule has 1 N–H and O–H groups in total. The van der Waals surface area contributed by atoms with Crippen molar-refractivity contribution in [1.29, 1.82) is 0 Å². The number of fused-ring (bicyclic) bond motifs is 2. The maximum Gasteiger partial charge on any atom is 0.406 e. The van der Waals surface area contributed by atoms with E-state index < -0.39 is 24.8 Å². The van der Waals surface area contributed by atoms with E-state index in [0.717, 1.165) is 10.1 Å². The average molecular weight is 569 g/mol. The second-order valence-corrected chi connectivity index (χ2v) is 9.82. The highest BCUT2D eigenvalue weighted by Gasteiger charge is 2.31. The number of benzene rings is 1. The summed E-state index contributed by atoms with van der Waals surface area (Å²) in [5, 5.41) is 11.1. The Morgan fingerprint density at radius 3 is 2.83 bits per heavy atom. The van der Waals surface area contributed by atoms with Gasteiger partial charge >= 0.3 is 6.18 Å². The van der Waals surface area contributed by atoms with Crippen LogP contribution >= 0.6 is 0 Å². The van der Waals surface area contributed by atoms with Crippen molar-refractivity contribution in [3.8, 4) is 11.5 Å². The Bertz CT molecular complexity index is 1740. The Kier molecular flexibility index (Phi) is 6.77. The average Bonchev–Trinajstić information content (AvgIpc) is 3.66. The first-order valence-electron chi connectivity index (χ1n) is 12.8. The van der Waals surface area contributed by atoms with Crippen LogP contribution in [0, 0.1) is 0 Å². The monoisotopic (exact) mass is 568 g/mol. The Hall–Kier alpha value is -4.59. The van der Waals surface area contributed by atoms with Crippen molar-refractivity contribution in [3.05, 3.63) is 66.3 Å². The topological polar surface area (TPSA) is 106 Å². The van der Waals surface area contributed by atoms with Crippen LogP contribution in [0.25, 0.3) is 27.9 Å². The molecule has 4 aromatic heterocycles. The minimum absolute atomic E-state index is 0.00649. The highest BCUT2D eigenvalue weighted by atomic mass is 19.4. The van der Waals surface area contributed by atoms with E-state index in [1.165, 1.54) is 12.1 Å². The molecule has 1 fully saturated rings. The van der Waals surface area contributed by atoms with E-state index in [0.29, 0.717) is 29.8 Å². The molecule has 1 aliphatic rings. The summed E-state index contributed by atoms with van der Waals surface area (Å²) in [7, 11) is 1.82. The Balaban J connectivity index is 1.29. The number of nitrogens with zero attached hydrogens (tertiary/aromatic N) is 7. The number of carbonyl (C=O) groups is 1. The van der Waals surface area contributed by atoms with Gasteiger partial charge in [-0.2, -0.15) is 23.3 Å². The van der Waals surface area contributed by atoms with Gasteiger partial charge in [0.15, 0.2) is 11.9 Å². The smallest absolute Gasteiger partial charge is 0.342 e. The Morgan fingerprint density at radius 1 is 1.20 bits per heavy atom. The van der Waals surface area contributed by atoms with Crippen LogP contribution in [0.15, 0.2) is 64.2 Å². The summed E-state index contributed by atoms with van der Waals surface area (Å²) in [6, 6.07) is 13.3. The lowest BCUT2D eigenvalue weighted by molar-refractivity contribution is -0.139. The van der Waals surface area contributed by atoms with Gasteiger partial charge < -0.3 is 19.3 Å². The van der Waals surface area contributed by atoms with Crippen LogP contribution in [-0.2, 0) is 13.1 Å². The number of likely N-dealkylation sites (tertiary alicyclic amines) is 1. The number of pyridine rings is 1. The Labute approximate surface area is 230 Å². The van der Waals surface area contributed by atoms with E-state index in [4.69, 9.17) is 4.52 Å². The third-order valence-electron chi connectivity index (χ3n) is 6.81. The number of hydrogen-bond acceptors (Lipinski definition) is 7. The number of halogens is 4. The van der Waals surface area contributed by atoms with Crippen molar-refractivity contribution in [2.24, 2.45) is 4.99 Å². The molecule has 0 saturated carbocycles. The molecule has 0 unspecified atom stereocenters. The minimum atomic E-state index is -4.55. The number of carbonyl (C=O) groups excluding carboxylic acids is 1. The molecule has 5 heterocycles. The summed E-state index contributed by atoms with van der Waals surface area (Å²) in [4.78, 5) is 23.2. The fourth-order valence-electron chi connectivity index (χ4n) is 4.84. The predicted octanol–water partition coefficient (Wildman–Crippen LogP) is 4.58. The van der Waals surface area contributed by atoms with Gasteiger partial charge in [0.05, 0.1) is 34.7 Å². The van der Waals surface area contributed by atoms with Crippen molar-refractivity contribution in [2.45, 2.75) is 31.9 Å². The minimum Gasteiger partial charge on any atom is -0.342 e. The molecule has 1 atom stereocenters. The zero-order chi connectivity index (χ0) is 28.7. The van der Waals surface area contributed by atoms with Crippen LogP contribution in [0.2, 0.25) is 0 Å². The predicted molar refractivity (Wildman–Crippen MR) is 142 cm³/mol. The normalized spacial score (nSPS) is 17.6. The standard InChI is InChI=1S/C27H24F4N8O2/c1-37-10-8-20(18(28)14-37)33-19-6-4-7-22-17(19)12-23(38(22)15-27(29,30)31)25-34-24(41-36-25)13-32-26(40)21-11-16-5-2-3-9-39(16)35-21/h2-7,9,11-12,18H,8,10,13-15H2,1H3,(H,32,40)/b33-20+/t18-/m0/s1. The molecule has 1 amide bonds. The molecule has 41 heavy (non-hydrogen) atoms. The summed E-state index contributed by atoms with van der Waals surface area (Å²) in [5.41, 5.74) is 1.91.